The van der Waals surface area contributed by atoms with Crippen LogP contribution in [0, 0.1) is 0 Å². The summed E-state index contributed by atoms with van der Waals surface area (Å²) >= 11 is -2.33. The van der Waals surface area contributed by atoms with Gasteiger partial charge in [0, 0.05) is 40.2 Å². The van der Waals surface area contributed by atoms with E-state index in [1.54, 1.807) is 41.3 Å². The summed E-state index contributed by atoms with van der Waals surface area (Å²) in [5.41, 5.74) is 3.88. The maximum Gasteiger partial charge on any atom is 0.162 e. The Hall–Kier alpha value is -3.50. The van der Waals surface area contributed by atoms with Gasteiger partial charge in [-0.05, 0) is 65.5 Å². The number of piperidine rings is 1. The molecule has 1 fully saturated rings. The highest BCUT2D eigenvalue weighted by Crippen LogP contribution is 2.34. The van der Waals surface area contributed by atoms with Crippen molar-refractivity contribution in [3.05, 3.63) is 79.0 Å². The zero-order valence-corrected chi connectivity index (χ0v) is 19.5. The fourth-order valence-corrected chi connectivity index (χ4v) is 5.34. The van der Waals surface area contributed by atoms with E-state index >= 15 is 0 Å². The number of benzene rings is 2. The average Bonchev–Trinajstić information content (AvgIpc) is 3.31. The van der Waals surface area contributed by atoms with E-state index in [-0.39, 0.29) is 4.90 Å². The number of fused-ring (bicyclic) bond motifs is 2. The normalized spacial score (nSPS) is 16.5. The zero-order chi connectivity index (χ0) is 24.0. The lowest BCUT2D eigenvalue weighted by atomic mass is 9.88. The Kier molecular flexibility index (Phi) is 5.42. The largest absolute Gasteiger partial charge is 0.768 e. The van der Waals surface area contributed by atoms with E-state index in [0.29, 0.717) is 29.6 Å². The average molecular weight is 485 g/mol. The minimum absolute atomic E-state index is 0.265. The van der Waals surface area contributed by atoms with Crippen LogP contribution in [0.3, 0.4) is 0 Å². The number of hydrogen-bond acceptors (Lipinski definition) is 7. The van der Waals surface area contributed by atoms with Gasteiger partial charge in [-0.25, -0.2) is 9.50 Å². The van der Waals surface area contributed by atoms with Crippen LogP contribution < -0.4 is 5.32 Å². The molecule has 1 atom stereocenters. The SMILES string of the molecule is O=S([O-])c1ccc(-c2cnn3cc(-c4ccc(C5(O)CCNCC5)nc4)cnc23)c2ccccc12. The van der Waals surface area contributed by atoms with Crippen molar-refractivity contribution in [1.29, 1.82) is 0 Å². The quantitative estimate of drug-likeness (QED) is 0.376. The highest BCUT2D eigenvalue weighted by atomic mass is 32.2. The number of aromatic nitrogens is 4. The topological polar surface area (TPSA) is 115 Å². The lowest BCUT2D eigenvalue weighted by molar-refractivity contribution is 0.00190. The van der Waals surface area contributed by atoms with Gasteiger partial charge in [0.15, 0.2) is 5.65 Å². The van der Waals surface area contributed by atoms with Crippen molar-refractivity contribution < 1.29 is 13.9 Å². The Bertz CT molecular complexity index is 1580. The van der Waals surface area contributed by atoms with E-state index in [0.717, 1.165) is 40.7 Å². The number of aliphatic hydroxyl groups is 1. The first-order chi connectivity index (χ1) is 17.0. The van der Waals surface area contributed by atoms with Gasteiger partial charge in [-0.15, -0.1) is 0 Å². The summed E-state index contributed by atoms with van der Waals surface area (Å²) in [6.45, 7) is 1.55. The standard InChI is InChI=1S/C26H23N5O3S/c32-26(9-11-27-12-10-26)24-8-5-17(13-28-24)18-14-29-25-22(15-30-31(25)16-18)20-6-7-23(35(33)34)21-4-2-1-3-19(20)21/h1-8,13-16,27,32H,9-12H2,(H,33,34)/p-1. The van der Waals surface area contributed by atoms with Gasteiger partial charge in [0.25, 0.3) is 0 Å². The maximum atomic E-state index is 11.7. The van der Waals surface area contributed by atoms with E-state index < -0.39 is 16.7 Å². The highest BCUT2D eigenvalue weighted by molar-refractivity contribution is 7.79. The van der Waals surface area contributed by atoms with Gasteiger partial charge in [0.05, 0.1) is 11.9 Å². The van der Waals surface area contributed by atoms with Crippen molar-refractivity contribution >= 4 is 27.5 Å². The first-order valence-corrected chi connectivity index (χ1v) is 12.5. The zero-order valence-electron chi connectivity index (χ0n) is 18.7. The number of rotatable bonds is 4. The third kappa shape index (κ3) is 3.82. The molecule has 1 unspecified atom stereocenters. The van der Waals surface area contributed by atoms with Crippen LogP contribution >= 0.6 is 0 Å². The molecule has 1 aliphatic rings. The molecule has 0 bridgehead atoms. The third-order valence-electron chi connectivity index (χ3n) is 6.71. The molecule has 176 valence electrons. The molecule has 35 heavy (non-hydrogen) atoms. The molecule has 5 aromatic rings. The molecule has 0 saturated carbocycles. The molecule has 1 saturated heterocycles. The third-order valence-corrected chi connectivity index (χ3v) is 7.43. The van der Waals surface area contributed by atoms with Crippen molar-refractivity contribution in [3.63, 3.8) is 0 Å². The molecule has 0 amide bonds. The molecule has 3 aromatic heterocycles. The Morgan fingerprint density at radius 1 is 0.914 bits per heavy atom. The summed E-state index contributed by atoms with van der Waals surface area (Å²) in [5, 5.41) is 20.2. The van der Waals surface area contributed by atoms with Crippen molar-refractivity contribution in [2.24, 2.45) is 0 Å². The fraction of sp³-hybridized carbons (Fsp3) is 0.192. The lowest BCUT2D eigenvalue weighted by Gasteiger charge is -2.32. The van der Waals surface area contributed by atoms with Crippen LogP contribution in [0.15, 0.2) is 78.2 Å². The van der Waals surface area contributed by atoms with Gasteiger partial charge in [0.1, 0.15) is 5.60 Å². The van der Waals surface area contributed by atoms with E-state index in [1.165, 1.54) is 0 Å². The molecule has 0 spiro atoms. The number of pyridine rings is 1. The molecule has 2 aromatic carbocycles. The number of hydrogen-bond donors (Lipinski definition) is 2. The summed E-state index contributed by atoms with van der Waals surface area (Å²) in [5.74, 6) is 0. The second-order valence-corrected chi connectivity index (χ2v) is 9.68. The summed E-state index contributed by atoms with van der Waals surface area (Å²) in [4.78, 5) is 9.50. The Morgan fingerprint density at radius 3 is 2.43 bits per heavy atom. The second kappa shape index (κ2) is 8.62. The molecule has 0 aliphatic carbocycles. The second-order valence-electron chi connectivity index (χ2n) is 8.77. The van der Waals surface area contributed by atoms with Crippen LogP contribution in [0.5, 0.6) is 0 Å². The minimum atomic E-state index is -2.33. The maximum absolute atomic E-state index is 11.7. The van der Waals surface area contributed by atoms with Crippen molar-refractivity contribution in [3.8, 4) is 22.3 Å². The molecule has 6 rings (SSSR count). The van der Waals surface area contributed by atoms with Crippen molar-refractivity contribution in [2.75, 3.05) is 13.1 Å². The number of nitrogens with zero attached hydrogens (tertiary/aromatic N) is 4. The van der Waals surface area contributed by atoms with Gasteiger partial charge in [0.2, 0.25) is 0 Å². The van der Waals surface area contributed by atoms with Gasteiger partial charge in [-0.2, -0.15) is 5.10 Å². The predicted octanol–water partition coefficient (Wildman–Crippen LogP) is 3.42. The first kappa shape index (κ1) is 22.0. The molecule has 0 radical (unpaired) electrons. The molecule has 8 nitrogen and oxygen atoms in total. The summed E-state index contributed by atoms with van der Waals surface area (Å²) < 4.78 is 25.1. The molecular formula is C26H22N5O3S-. The minimum Gasteiger partial charge on any atom is -0.768 e. The summed E-state index contributed by atoms with van der Waals surface area (Å²) in [6, 6.07) is 14.7. The van der Waals surface area contributed by atoms with E-state index in [1.807, 2.05) is 36.5 Å². The van der Waals surface area contributed by atoms with Crippen molar-refractivity contribution in [1.82, 2.24) is 24.9 Å². The van der Waals surface area contributed by atoms with Gasteiger partial charge >= 0.3 is 0 Å². The smallest absolute Gasteiger partial charge is 0.162 e. The molecule has 4 heterocycles. The fourth-order valence-electron chi connectivity index (χ4n) is 4.80. The van der Waals surface area contributed by atoms with Crippen LogP contribution in [-0.4, -0.2) is 46.5 Å². The van der Waals surface area contributed by atoms with E-state index in [2.05, 4.69) is 20.4 Å². The van der Waals surface area contributed by atoms with E-state index in [4.69, 9.17) is 0 Å². The summed E-state index contributed by atoms with van der Waals surface area (Å²) in [6.07, 6.45) is 8.46. The van der Waals surface area contributed by atoms with Crippen molar-refractivity contribution in [2.45, 2.75) is 23.3 Å². The monoisotopic (exact) mass is 484 g/mol. The molecule has 9 heteroatoms. The Morgan fingerprint density at radius 2 is 1.69 bits per heavy atom. The number of nitrogens with one attached hydrogen (secondary N) is 1. The summed E-state index contributed by atoms with van der Waals surface area (Å²) in [7, 11) is 0. The van der Waals surface area contributed by atoms with Gasteiger partial charge in [-0.3, -0.25) is 9.19 Å². The van der Waals surface area contributed by atoms with Crippen LogP contribution in [0.25, 0.3) is 38.7 Å². The van der Waals surface area contributed by atoms with Gasteiger partial charge < -0.3 is 15.0 Å². The van der Waals surface area contributed by atoms with Crippen LogP contribution in [0.2, 0.25) is 0 Å². The highest BCUT2D eigenvalue weighted by Gasteiger charge is 2.32. The lowest BCUT2D eigenvalue weighted by Crippen LogP contribution is -2.40. The Labute approximate surface area is 204 Å². The van der Waals surface area contributed by atoms with E-state index in [9.17, 15) is 13.9 Å². The van der Waals surface area contributed by atoms with Gasteiger partial charge in [-0.1, -0.05) is 36.4 Å². The van der Waals surface area contributed by atoms with Crippen LogP contribution in [0.1, 0.15) is 18.5 Å². The van der Waals surface area contributed by atoms with Crippen LogP contribution in [-0.2, 0) is 16.7 Å². The first-order valence-electron chi connectivity index (χ1n) is 11.4. The molecular weight excluding hydrogens is 462 g/mol. The van der Waals surface area contributed by atoms with Crippen LogP contribution in [0.4, 0.5) is 0 Å². The molecule has 1 aliphatic heterocycles. The Balaban J connectivity index is 1.37. The molecule has 2 N–H and O–H groups in total. The predicted molar refractivity (Wildman–Crippen MR) is 132 cm³/mol.